The summed E-state index contributed by atoms with van der Waals surface area (Å²) in [6.07, 6.45) is 8.18. The van der Waals surface area contributed by atoms with Gasteiger partial charge in [-0.1, -0.05) is 38.2 Å². The van der Waals surface area contributed by atoms with Gasteiger partial charge in [-0.25, -0.2) is 4.79 Å². The van der Waals surface area contributed by atoms with Crippen LogP contribution in [0.5, 0.6) is 0 Å². The van der Waals surface area contributed by atoms with E-state index in [0.717, 1.165) is 23.8 Å². The molecular formula is C15H23N3O. The third-order valence-corrected chi connectivity index (χ3v) is 3.74. The van der Waals surface area contributed by atoms with E-state index in [0.29, 0.717) is 0 Å². The monoisotopic (exact) mass is 261 g/mol. The number of hydrogen-bond acceptors (Lipinski definition) is 2. The van der Waals surface area contributed by atoms with Crippen LogP contribution in [0.2, 0.25) is 0 Å². The fraction of sp³-hybridized carbons (Fsp3) is 0.533. The van der Waals surface area contributed by atoms with E-state index in [1.807, 2.05) is 24.3 Å². The first kappa shape index (κ1) is 13.7. The molecule has 0 spiro atoms. The molecule has 1 aliphatic carbocycles. The first-order valence-corrected chi connectivity index (χ1v) is 7.14. The molecule has 1 fully saturated rings. The van der Waals surface area contributed by atoms with Crippen molar-refractivity contribution in [2.45, 2.75) is 38.5 Å². The molecule has 4 nitrogen and oxygen atoms in total. The lowest BCUT2D eigenvalue weighted by Gasteiger charge is -2.21. The van der Waals surface area contributed by atoms with Crippen molar-refractivity contribution in [3.63, 3.8) is 0 Å². The average molecular weight is 261 g/mol. The van der Waals surface area contributed by atoms with Gasteiger partial charge in [-0.3, -0.25) is 0 Å². The minimum absolute atomic E-state index is 0.528. The zero-order chi connectivity index (χ0) is 13.5. The van der Waals surface area contributed by atoms with Crippen LogP contribution in [0, 0.1) is 5.92 Å². The molecule has 0 unspecified atom stereocenters. The molecule has 1 aromatic carbocycles. The fourth-order valence-electron chi connectivity index (χ4n) is 2.75. The molecule has 19 heavy (non-hydrogen) atoms. The molecule has 0 saturated heterocycles. The van der Waals surface area contributed by atoms with Crippen LogP contribution in [0.4, 0.5) is 16.2 Å². The maximum absolute atomic E-state index is 10.8. The van der Waals surface area contributed by atoms with Crippen molar-refractivity contribution in [3.8, 4) is 0 Å². The quantitative estimate of drug-likeness (QED) is 0.758. The molecule has 4 heteroatoms. The highest BCUT2D eigenvalue weighted by atomic mass is 16.2. The Bertz CT molecular complexity index is 414. The van der Waals surface area contributed by atoms with Crippen LogP contribution in [0.1, 0.15) is 38.5 Å². The minimum atomic E-state index is -0.528. The van der Waals surface area contributed by atoms with Gasteiger partial charge in [-0.05, 0) is 30.5 Å². The molecule has 0 radical (unpaired) electrons. The zero-order valence-electron chi connectivity index (χ0n) is 11.3. The molecule has 4 N–H and O–H groups in total. The Kier molecular flexibility index (Phi) is 5.07. The summed E-state index contributed by atoms with van der Waals surface area (Å²) in [6.45, 7) is 0.991. The van der Waals surface area contributed by atoms with E-state index in [4.69, 9.17) is 5.73 Å². The summed E-state index contributed by atoms with van der Waals surface area (Å²) < 4.78 is 0. The normalized spacial score (nSPS) is 16.0. The number of urea groups is 1. The lowest BCUT2D eigenvalue weighted by Crippen LogP contribution is -2.19. The lowest BCUT2D eigenvalue weighted by molar-refractivity contribution is 0.259. The Morgan fingerprint density at radius 2 is 1.95 bits per heavy atom. The molecule has 2 amide bonds. The number of anilines is 2. The second kappa shape index (κ2) is 7.02. The van der Waals surface area contributed by atoms with Crippen molar-refractivity contribution in [1.82, 2.24) is 0 Å². The number of hydrogen-bond donors (Lipinski definition) is 3. The van der Waals surface area contributed by atoms with Crippen molar-refractivity contribution in [2.24, 2.45) is 11.7 Å². The number of primary amides is 1. The van der Waals surface area contributed by atoms with Crippen LogP contribution >= 0.6 is 0 Å². The van der Waals surface area contributed by atoms with E-state index in [9.17, 15) is 4.79 Å². The molecule has 1 saturated carbocycles. The van der Waals surface area contributed by atoms with Gasteiger partial charge in [0, 0.05) is 17.9 Å². The molecule has 1 aromatic rings. The number of nitrogens with one attached hydrogen (secondary N) is 2. The molecule has 1 aliphatic rings. The van der Waals surface area contributed by atoms with Gasteiger partial charge in [0.05, 0.1) is 0 Å². The summed E-state index contributed by atoms with van der Waals surface area (Å²) in [5, 5.41) is 6.00. The standard InChI is InChI=1S/C15H23N3O/c16-15(19)18-14-8-4-7-13(11-14)17-10-9-12-5-2-1-3-6-12/h4,7-8,11-12,17H,1-3,5-6,9-10H2,(H3,16,18,19). The van der Waals surface area contributed by atoms with E-state index in [1.54, 1.807) is 0 Å². The predicted octanol–water partition coefficient (Wildman–Crippen LogP) is 3.56. The molecule has 104 valence electrons. The number of carbonyl (C=O) groups is 1. The third-order valence-electron chi connectivity index (χ3n) is 3.74. The van der Waals surface area contributed by atoms with E-state index < -0.39 is 6.03 Å². The van der Waals surface area contributed by atoms with Crippen molar-refractivity contribution in [3.05, 3.63) is 24.3 Å². The Hall–Kier alpha value is -1.71. The molecule has 0 atom stereocenters. The highest BCUT2D eigenvalue weighted by Crippen LogP contribution is 2.26. The van der Waals surface area contributed by atoms with E-state index in [-0.39, 0.29) is 0 Å². The Labute approximate surface area is 114 Å². The van der Waals surface area contributed by atoms with Gasteiger partial charge in [0.1, 0.15) is 0 Å². The van der Waals surface area contributed by atoms with Crippen LogP contribution in [0.15, 0.2) is 24.3 Å². The van der Waals surface area contributed by atoms with Gasteiger partial charge in [0.15, 0.2) is 0 Å². The first-order chi connectivity index (χ1) is 9.24. The third kappa shape index (κ3) is 4.81. The van der Waals surface area contributed by atoms with Crippen LogP contribution in [0.25, 0.3) is 0 Å². The lowest BCUT2D eigenvalue weighted by atomic mass is 9.87. The van der Waals surface area contributed by atoms with Crippen molar-refractivity contribution in [2.75, 3.05) is 17.2 Å². The first-order valence-electron chi connectivity index (χ1n) is 7.14. The minimum Gasteiger partial charge on any atom is -0.385 e. The summed E-state index contributed by atoms with van der Waals surface area (Å²) >= 11 is 0. The summed E-state index contributed by atoms with van der Waals surface area (Å²) in [5.41, 5.74) is 6.86. The highest BCUT2D eigenvalue weighted by molar-refractivity contribution is 5.88. The molecule has 2 rings (SSSR count). The molecule has 0 aromatic heterocycles. The highest BCUT2D eigenvalue weighted by Gasteiger charge is 2.12. The van der Waals surface area contributed by atoms with E-state index in [1.165, 1.54) is 38.5 Å². The van der Waals surface area contributed by atoms with Gasteiger partial charge in [0.25, 0.3) is 0 Å². The summed E-state index contributed by atoms with van der Waals surface area (Å²) in [7, 11) is 0. The predicted molar refractivity (Wildman–Crippen MR) is 79.3 cm³/mol. The number of carbonyl (C=O) groups excluding carboxylic acids is 1. The molecule has 0 aliphatic heterocycles. The average Bonchev–Trinajstić information content (AvgIpc) is 2.40. The van der Waals surface area contributed by atoms with Crippen molar-refractivity contribution in [1.29, 1.82) is 0 Å². The Morgan fingerprint density at radius 3 is 2.68 bits per heavy atom. The number of rotatable bonds is 5. The van der Waals surface area contributed by atoms with E-state index >= 15 is 0 Å². The zero-order valence-corrected chi connectivity index (χ0v) is 11.3. The Morgan fingerprint density at radius 1 is 1.21 bits per heavy atom. The van der Waals surface area contributed by atoms with Gasteiger partial charge in [0.2, 0.25) is 0 Å². The summed E-state index contributed by atoms with van der Waals surface area (Å²) in [4.78, 5) is 10.8. The SMILES string of the molecule is NC(=O)Nc1cccc(NCCC2CCCCC2)c1. The van der Waals surface area contributed by atoms with Gasteiger partial charge in [-0.15, -0.1) is 0 Å². The second-order valence-corrected chi connectivity index (χ2v) is 5.29. The summed E-state index contributed by atoms with van der Waals surface area (Å²) in [6, 6.07) is 7.13. The second-order valence-electron chi connectivity index (χ2n) is 5.29. The van der Waals surface area contributed by atoms with Crippen LogP contribution in [-0.4, -0.2) is 12.6 Å². The molecular weight excluding hydrogens is 238 g/mol. The van der Waals surface area contributed by atoms with Crippen molar-refractivity contribution < 1.29 is 4.79 Å². The van der Waals surface area contributed by atoms with Crippen LogP contribution in [0.3, 0.4) is 0 Å². The number of benzene rings is 1. The smallest absolute Gasteiger partial charge is 0.316 e. The number of nitrogens with two attached hydrogens (primary N) is 1. The Balaban J connectivity index is 1.77. The van der Waals surface area contributed by atoms with E-state index in [2.05, 4.69) is 10.6 Å². The topological polar surface area (TPSA) is 67.2 Å². The fourth-order valence-corrected chi connectivity index (χ4v) is 2.75. The molecule has 0 heterocycles. The maximum atomic E-state index is 10.8. The van der Waals surface area contributed by atoms with Crippen molar-refractivity contribution >= 4 is 17.4 Å². The van der Waals surface area contributed by atoms with Gasteiger partial charge >= 0.3 is 6.03 Å². The van der Waals surface area contributed by atoms with Gasteiger partial charge in [-0.2, -0.15) is 0 Å². The maximum Gasteiger partial charge on any atom is 0.316 e. The molecule has 0 bridgehead atoms. The largest absolute Gasteiger partial charge is 0.385 e. The van der Waals surface area contributed by atoms with Gasteiger partial charge < -0.3 is 16.4 Å². The number of amides is 2. The summed E-state index contributed by atoms with van der Waals surface area (Å²) in [5.74, 6) is 0.883. The van der Waals surface area contributed by atoms with Crippen LogP contribution in [-0.2, 0) is 0 Å². The van der Waals surface area contributed by atoms with Crippen LogP contribution < -0.4 is 16.4 Å².